The van der Waals surface area contributed by atoms with E-state index in [1.54, 1.807) is 35.9 Å². The summed E-state index contributed by atoms with van der Waals surface area (Å²) < 4.78 is 41.3. The van der Waals surface area contributed by atoms with Gasteiger partial charge in [-0.1, -0.05) is 18.2 Å². The zero-order valence-corrected chi connectivity index (χ0v) is 15.3. The van der Waals surface area contributed by atoms with Gasteiger partial charge in [-0.05, 0) is 48.2 Å². The van der Waals surface area contributed by atoms with Crippen LogP contribution in [0.4, 0.5) is 15.8 Å². The van der Waals surface area contributed by atoms with Gasteiger partial charge in [0.1, 0.15) is 5.82 Å². The van der Waals surface area contributed by atoms with Crippen LogP contribution >= 0.6 is 11.3 Å². The third kappa shape index (κ3) is 3.92. The Morgan fingerprint density at radius 2 is 1.88 bits per heavy atom. The summed E-state index contributed by atoms with van der Waals surface area (Å²) >= 11 is 1.39. The molecule has 0 bridgehead atoms. The van der Waals surface area contributed by atoms with E-state index < -0.39 is 15.8 Å². The van der Waals surface area contributed by atoms with E-state index in [2.05, 4.69) is 10.0 Å². The smallest absolute Gasteiger partial charge is 0.262 e. The molecule has 1 heterocycles. The van der Waals surface area contributed by atoms with Gasteiger partial charge < -0.3 is 5.32 Å². The molecule has 1 amide bonds. The molecule has 5 nitrogen and oxygen atoms in total. The van der Waals surface area contributed by atoms with Gasteiger partial charge in [-0.25, -0.2) is 12.8 Å². The lowest BCUT2D eigenvalue weighted by atomic mass is 10.2. The van der Waals surface area contributed by atoms with E-state index >= 15 is 0 Å². The van der Waals surface area contributed by atoms with Crippen molar-refractivity contribution in [3.8, 4) is 0 Å². The number of benzene rings is 2. The summed E-state index contributed by atoms with van der Waals surface area (Å²) in [5.41, 5.74) is 1.16. The van der Waals surface area contributed by atoms with E-state index in [-0.39, 0.29) is 16.5 Å². The Balaban J connectivity index is 1.89. The molecule has 0 saturated carbocycles. The zero-order chi connectivity index (χ0) is 18.7. The van der Waals surface area contributed by atoms with Crippen LogP contribution in [0.15, 0.2) is 64.2 Å². The maximum atomic E-state index is 13.8. The van der Waals surface area contributed by atoms with E-state index in [9.17, 15) is 17.6 Å². The fourth-order valence-electron chi connectivity index (χ4n) is 2.31. The van der Waals surface area contributed by atoms with Gasteiger partial charge in [0.05, 0.1) is 16.1 Å². The Kier molecular flexibility index (Phi) is 5.06. The first-order chi connectivity index (χ1) is 12.4. The number of anilines is 2. The quantitative estimate of drug-likeness (QED) is 0.684. The normalized spacial score (nSPS) is 11.2. The van der Waals surface area contributed by atoms with Crippen molar-refractivity contribution >= 4 is 38.6 Å². The zero-order valence-electron chi connectivity index (χ0n) is 13.7. The molecule has 2 aromatic carbocycles. The van der Waals surface area contributed by atoms with Gasteiger partial charge in [-0.15, -0.1) is 0 Å². The van der Waals surface area contributed by atoms with Gasteiger partial charge >= 0.3 is 0 Å². The second-order valence-electron chi connectivity index (χ2n) is 5.53. The molecule has 0 saturated heterocycles. The predicted octanol–water partition coefficient (Wildman–Crippen LogP) is 4.25. The van der Waals surface area contributed by atoms with Crippen molar-refractivity contribution in [3.05, 3.63) is 76.2 Å². The molecule has 0 fully saturated rings. The number of hydrogen-bond donors (Lipinski definition) is 2. The van der Waals surface area contributed by atoms with Crippen LogP contribution in [-0.4, -0.2) is 14.3 Å². The number of nitrogens with one attached hydrogen (secondary N) is 2. The number of para-hydroxylation sites is 1. The van der Waals surface area contributed by atoms with E-state index in [0.717, 1.165) is 0 Å². The van der Waals surface area contributed by atoms with Crippen molar-refractivity contribution in [3.63, 3.8) is 0 Å². The molecule has 0 spiro atoms. The van der Waals surface area contributed by atoms with Gasteiger partial charge in [0.25, 0.3) is 15.9 Å². The van der Waals surface area contributed by atoms with Crippen molar-refractivity contribution in [2.75, 3.05) is 10.0 Å². The van der Waals surface area contributed by atoms with Crippen LogP contribution in [0, 0.1) is 12.7 Å². The number of amides is 1. The topological polar surface area (TPSA) is 75.3 Å². The number of rotatable bonds is 5. The number of aryl methyl sites for hydroxylation is 1. The third-order valence-corrected chi connectivity index (χ3v) is 5.83. The largest absolute Gasteiger partial charge is 0.322 e. The first-order valence-corrected chi connectivity index (χ1v) is 10.0. The predicted molar refractivity (Wildman–Crippen MR) is 101 cm³/mol. The van der Waals surface area contributed by atoms with E-state index in [0.29, 0.717) is 16.8 Å². The van der Waals surface area contributed by atoms with Crippen molar-refractivity contribution in [1.29, 1.82) is 0 Å². The molecule has 26 heavy (non-hydrogen) atoms. The molecule has 0 aliphatic carbocycles. The lowest BCUT2D eigenvalue weighted by Gasteiger charge is -2.13. The van der Waals surface area contributed by atoms with Gasteiger partial charge in [-0.3, -0.25) is 9.52 Å². The lowest BCUT2D eigenvalue weighted by Crippen LogP contribution is -2.16. The molecule has 2 N–H and O–H groups in total. The lowest BCUT2D eigenvalue weighted by molar-refractivity contribution is 0.102. The standard InChI is InChI=1S/C18H15FN2O3S2/c1-12-6-7-14(20-18(22)13-8-9-25-11-13)10-17(12)26(23,24)21-16-5-3-2-4-15(16)19/h2-11,21H,1H3,(H,20,22). The Hall–Kier alpha value is -2.71. The molecule has 0 aliphatic rings. The summed E-state index contributed by atoms with van der Waals surface area (Å²) in [6, 6.07) is 11.7. The van der Waals surface area contributed by atoms with Crippen molar-refractivity contribution in [1.82, 2.24) is 0 Å². The highest BCUT2D eigenvalue weighted by Crippen LogP contribution is 2.24. The molecule has 0 unspecified atom stereocenters. The summed E-state index contributed by atoms with van der Waals surface area (Å²) in [4.78, 5) is 12.1. The fourth-order valence-corrected chi connectivity index (χ4v) is 4.28. The monoisotopic (exact) mass is 390 g/mol. The first kappa shape index (κ1) is 18.1. The number of thiophene rings is 1. The van der Waals surface area contributed by atoms with Crippen LogP contribution in [-0.2, 0) is 10.0 Å². The maximum absolute atomic E-state index is 13.8. The minimum Gasteiger partial charge on any atom is -0.322 e. The second-order valence-corrected chi connectivity index (χ2v) is 7.96. The Morgan fingerprint density at radius 1 is 1.12 bits per heavy atom. The molecule has 1 aromatic heterocycles. The van der Waals surface area contributed by atoms with Crippen LogP contribution in [0.25, 0.3) is 0 Å². The van der Waals surface area contributed by atoms with E-state index in [1.807, 2.05) is 0 Å². The summed E-state index contributed by atoms with van der Waals surface area (Å²) in [6.45, 7) is 1.63. The highest BCUT2D eigenvalue weighted by Gasteiger charge is 2.19. The molecule has 3 rings (SSSR count). The number of halogens is 1. The molecular weight excluding hydrogens is 375 g/mol. The molecule has 0 radical (unpaired) electrons. The average Bonchev–Trinajstić information content (AvgIpc) is 3.13. The van der Waals surface area contributed by atoms with Crippen LogP contribution < -0.4 is 10.0 Å². The molecule has 134 valence electrons. The average molecular weight is 390 g/mol. The molecule has 3 aromatic rings. The van der Waals surface area contributed by atoms with Crippen LogP contribution in [0.2, 0.25) is 0 Å². The molecular formula is C18H15FN2O3S2. The SMILES string of the molecule is Cc1ccc(NC(=O)c2ccsc2)cc1S(=O)(=O)Nc1ccccc1F. The summed E-state index contributed by atoms with van der Waals surface area (Å²) in [6.07, 6.45) is 0. The van der Waals surface area contributed by atoms with Crippen LogP contribution in [0.5, 0.6) is 0 Å². The van der Waals surface area contributed by atoms with Crippen molar-refractivity contribution in [2.24, 2.45) is 0 Å². The highest BCUT2D eigenvalue weighted by atomic mass is 32.2. The fraction of sp³-hybridized carbons (Fsp3) is 0.0556. The Morgan fingerprint density at radius 3 is 2.58 bits per heavy atom. The minimum atomic E-state index is -4.02. The summed E-state index contributed by atoms with van der Waals surface area (Å²) in [5.74, 6) is -1.00. The van der Waals surface area contributed by atoms with Gasteiger partial charge in [-0.2, -0.15) is 11.3 Å². The van der Waals surface area contributed by atoms with Gasteiger partial charge in [0.15, 0.2) is 0 Å². The number of hydrogen-bond acceptors (Lipinski definition) is 4. The molecule has 0 aliphatic heterocycles. The molecule has 0 atom stereocenters. The third-order valence-electron chi connectivity index (χ3n) is 3.64. The maximum Gasteiger partial charge on any atom is 0.262 e. The summed E-state index contributed by atoms with van der Waals surface area (Å²) in [7, 11) is -4.02. The Labute approximate surface area is 154 Å². The van der Waals surface area contributed by atoms with Crippen molar-refractivity contribution < 1.29 is 17.6 Å². The minimum absolute atomic E-state index is 0.0381. The van der Waals surface area contributed by atoms with Gasteiger partial charge in [0.2, 0.25) is 0 Å². The van der Waals surface area contributed by atoms with E-state index in [1.165, 1.54) is 41.7 Å². The van der Waals surface area contributed by atoms with E-state index in [4.69, 9.17) is 0 Å². The summed E-state index contributed by atoms with van der Waals surface area (Å²) in [5, 5.41) is 6.13. The highest BCUT2D eigenvalue weighted by molar-refractivity contribution is 7.92. The van der Waals surface area contributed by atoms with Gasteiger partial charge in [0, 0.05) is 11.1 Å². The Bertz CT molecular complexity index is 1050. The number of carbonyl (C=O) groups excluding carboxylic acids is 1. The number of carbonyl (C=O) groups is 1. The second kappa shape index (κ2) is 7.27. The van der Waals surface area contributed by atoms with Crippen molar-refractivity contribution in [2.45, 2.75) is 11.8 Å². The molecule has 8 heteroatoms. The van der Waals surface area contributed by atoms with Crippen LogP contribution in [0.1, 0.15) is 15.9 Å². The number of sulfonamides is 1. The first-order valence-electron chi connectivity index (χ1n) is 7.58. The van der Waals surface area contributed by atoms with Crippen LogP contribution in [0.3, 0.4) is 0 Å².